The van der Waals surface area contributed by atoms with E-state index in [9.17, 15) is 4.79 Å². The minimum absolute atomic E-state index is 0.234. The van der Waals surface area contributed by atoms with Crippen molar-refractivity contribution >= 4 is 17.1 Å². The van der Waals surface area contributed by atoms with Gasteiger partial charge in [-0.05, 0) is 39.8 Å². The van der Waals surface area contributed by atoms with E-state index in [4.69, 9.17) is 9.15 Å². The van der Waals surface area contributed by atoms with Crippen molar-refractivity contribution in [1.29, 1.82) is 0 Å². The summed E-state index contributed by atoms with van der Waals surface area (Å²) in [4.78, 5) is 11.7. The third kappa shape index (κ3) is 3.50. The lowest BCUT2D eigenvalue weighted by Gasteiger charge is -2.21. The summed E-state index contributed by atoms with van der Waals surface area (Å²) < 4.78 is 10.9. The van der Waals surface area contributed by atoms with Gasteiger partial charge in [0.15, 0.2) is 0 Å². The van der Waals surface area contributed by atoms with Gasteiger partial charge >= 0.3 is 6.09 Å². The third-order valence-corrected chi connectivity index (χ3v) is 2.60. The summed E-state index contributed by atoms with van der Waals surface area (Å²) in [6.07, 6.45) is -0.444. The molecule has 0 saturated carbocycles. The number of carbonyl (C=O) groups is 1. The van der Waals surface area contributed by atoms with E-state index in [1.54, 1.807) is 0 Å². The SMILES string of the molecule is C[C@@H](NC(=O)OC(C)(C)C)c1cc2ccccc2o1. The molecule has 1 aromatic carbocycles. The zero-order valence-electron chi connectivity index (χ0n) is 11.7. The van der Waals surface area contributed by atoms with Gasteiger partial charge in [-0.3, -0.25) is 0 Å². The zero-order valence-corrected chi connectivity index (χ0v) is 11.7. The minimum Gasteiger partial charge on any atom is -0.459 e. The van der Waals surface area contributed by atoms with Gasteiger partial charge in [0.2, 0.25) is 0 Å². The number of ether oxygens (including phenoxy) is 1. The Morgan fingerprint density at radius 3 is 2.63 bits per heavy atom. The van der Waals surface area contributed by atoms with E-state index in [0.717, 1.165) is 11.0 Å². The summed E-state index contributed by atoms with van der Waals surface area (Å²) in [6, 6.07) is 9.44. The molecule has 0 spiro atoms. The molecule has 4 nitrogen and oxygen atoms in total. The molecule has 2 aromatic rings. The lowest BCUT2D eigenvalue weighted by Crippen LogP contribution is -2.33. The number of furan rings is 1. The molecular formula is C15H19NO3. The van der Waals surface area contributed by atoms with Gasteiger partial charge in [0, 0.05) is 5.39 Å². The van der Waals surface area contributed by atoms with Crippen molar-refractivity contribution in [2.75, 3.05) is 0 Å². The maximum absolute atomic E-state index is 11.7. The monoisotopic (exact) mass is 261 g/mol. The number of fused-ring (bicyclic) bond motifs is 1. The molecule has 1 aromatic heterocycles. The maximum atomic E-state index is 11.7. The number of hydrogen-bond acceptors (Lipinski definition) is 3. The van der Waals surface area contributed by atoms with Crippen molar-refractivity contribution in [3.63, 3.8) is 0 Å². The highest BCUT2D eigenvalue weighted by atomic mass is 16.6. The van der Waals surface area contributed by atoms with Gasteiger partial charge < -0.3 is 14.5 Å². The quantitative estimate of drug-likeness (QED) is 0.888. The summed E-state index contributed by atoms with van der Waals surface area (Å²) >= 11 is 0. The van der Waals surface area contributed by atoms with Gasteiger partial charge in [-0.2, -0.15) is 0 Å². The van der Waals surface area contributed by atoms with Crippen LogP contribution in [0.15, 0.2) is 34.7 Å². The smallest absolute Gasteiger partial charge is 0.408 e. The zero-order chi connectivity index (χ0) is 14.0. The van der Waals surface area contributed by atoms with Crippen LogP contribution in [0.5, 0.6) is 0 Å². The number of alkyl carbamates (subject to hydrolysis) is 1. The molecule has 0 aliphatic carbocycles. The van der Waals surface area contributed by atoms with Gasteiger partial charge in [-0.15, -0.1) is 0 Å². The second kappa shape index (κ2) is 4.96. The first-order valence-corrected chi connectivity index (χ1v) is 6.33. The Morgan fingerprint density at radius 2 is 2.00 bits per heavy atom. The molecule has 0 saturated heterocycles. The fraction of sp³-hybridized carbons (Fsp3) is 0.400. The van der Waals surface area contributed by atoms with E-state index in [-0.39, 0.29) is 6.04 Å². The van der Waals surface area contributed by atoms with Crippen LogP contribution in [0.4, 0.5) is 4.79 Å². The van der Waals surface area contributed by atoms with Crippen LogP contribution in [-0.4, -0.2) is 11.7 Å². The summed E-state index contributed by atoms with van der Waals surface area (Å²) in [5, 5.41) is 3.78. The molecule has 19 heavy (non-hydrogen) atoms. The number of benzene rings is 1. The number of nitrogens with one attached hydrogen (secondary N) is 1. The summed E-state index contributed by atoms with van der Waals surface area (Å²) in [6.45, 7) is 7.36. The summed E-state index contributed by atoms with van der Waals surface area (Å²) in [7, 11) is 0. The molecule has 102 valence electrons. The molecule has 1 N–H and O–H groups in total. The highest BCUT2D eigenvalue weighted by molar-refractivity contribution is 5.78. The lowest BCUT2D eigenvalue weighted by molar-refractivity contribution is 0.0502. The van der Waals surface area contributed by atoms with E-state index < -0.39 is 11.7 Å². The Labute approximate surface area is 112 Å². The topological polar surface area (TPSA) is 51.5 Å². The molecule has 1 heterocycles. The molecule has 0 radical (unpaired) electrons. The molecular weight excluding hydrogens is 242 g/mol. The number of rotatable bonds is 2. The van der Waals surface area contributed by atoms with E-state index >= 15 is 0 Å². The van der Waals surface area contributed by atoms with E-state index in [1.165, 1.54) is 0 Å². The lowest BCUT2D eigenvalue weighted by atomic mass is 10.2. The first-order chi connectivity index (χ1) is 8.85. The molecule has 1 atom stereocenters. The Balaban J connectivity index is 2.07. The summed E-state index contributed by atoms with van der Waals surface area (Å²) in [5.41, 5.74) is 0.313. The predicted octanol–water partition coefficient (Wildman–Crippen LogP) is 4.02. The first kappa shape index (κ1) is 13.5. The predicted molar refractivity (Wildman–Crippen MR) is 74.0 cm³/mol. The van der Waals surface area contributed by atoms with Crippen LogP contribution in [0.2, 0.25) is 0 Å². The van der Waals surface area contributed by atoms with Crippen LogP contribution in [0.3, 0.4) is 0 Å². The number of para-hydroxylation sites is 1. The highest BCUT2D eigenvalue weighted by Crippen LogP contribution is 2.23. The van der Waals surface area contributed by atoms with Crippen molar-refractivity contribution in [1.82, 2.24) is 5.32 Å². The highest BCUT2D eigenvalue weighted by Gasteiger charge is 2.19. The van der Waals surface area contributed by atoms with Crippen molar-refractivity contribution in [2.24, 2.45) is 0 Å². The molecule has 0 aliphatic heterocycles. The minimum atomic E-state index is -0.502. The average molecular weight is 261 g/mol. The van der Waals surface area contributed by atoms with Crippen molar-refractivity contribution in [3.05, 3.63) is 36.1 Å². The number of amides is 1. The molecule has 0 bridgehead atoms. The summed E-state index contributed by atoms with van der Waals surface area (Å²) in [5.74, 6) is 0.715. The molecule has 0 unspecified atom stereocenters. The Morgan fingerprint density at radius 1 is 1.32 bits per heavy atom. The van der Waals surface area contributed by atoms with Crippen LogP contribution < -0.4 is 5.32 Å². The first-order valence-electron chi connectivity index (χ1n) is 6.33. The standard InChI is InChI=1S/C15H19NO3/c1-10(16-14(17)19-15(2,3)4)13-9-11-7-5-6-8-12(11)18-13/h5-10H,1-4H3,(H,16,17)/t10-/m1/s1. The number of hydrogen-bond donors (Lipinski definition) is 1. The van der Waals surface area contributed by atoms with Gasteiger partial charge in [-0.1, -0.05) is 18.2 Å². The van der Waals surface area contributed by atoms with Gasteiger partial charge in [0.25, 0.3) is 0 Å². The van der Waals surface area contributed by atoms with Crippen molar-refractivity contribution < 1.29 is 13.9 Å². The van der Waals surface area contributed by atoms with Gasteiger partial charge in [-0.25, -0.2) is 4.79 Å². The van der Waals surface area contributed by atoms with E-state index in [1.807, 2.05) is 58.0 Å². The normalized spacial score (nSPS) is 13.3. The molecule has 0 fully saturated rings. The maximum Gasteiger partial charge on any atom is 0.408 e. The Hall–Kier alpha value is -1.97. The molecule has 0 aliphatic rings. The van der Waals surface area contributed by atoms with Crippen LogP contribution in [0.25, 0.3) is 11.0 Å². The largest absolute Gasteiger partial charge is 0.459 e. The van der Waals surface area contributed by atoms with Crippen LogP contribution >= 0.6 is 0 Å². The van der Waals surface area contributed by atoms with Crippen LogP contribution in [0.1, 0.15) is 39.5 Å². The fourth-order valence-corrected chi connectivity index (χ4v) is 1.77. The van der Waals surface area contributed by atoms with Crippen molar-refractivity contribution in [2.45, 2.75) is 39.3 Å². The molecule has 2 rings (SSSR count). The number of carbonyl (C=O) groups excluding carboxylic acids is 1. The fourth-order valence-electron chi connectivity index (χ4n) is 1.77. The average Bonchev–Trinajstić information content (AvgIpc) is 2.69. The van der Waals surface area contributed by atoms with Crippen LogP contribution in [-0.2, 0) is 4.74 Å². The van der Waals surface area contributed by atoms with Crippen molar-refractivity contribution in [3.8, 4) is 0 Å². The Bertz CT molecular complexity index is 547. The molecule has 4 heteroatoms. The molecule has 1 amide bonds. The van der Waals surface area contributed by atoms with E-state index in [0.29, 0.717) is 5.76 Å². The third-order valence-electron chi connectivity index (χ3n) is 2.60. The van der Waals surface area contributed by atoms with Crippen LogP contribution in [0, 0.1) is 0 Å². The Kier molecular flexibility index (Phi) is 3.51. The van der Waals surface area contributed by atoms with Gasteiger partial charge in [0.05, 0.1) is 6.04 Å². The second-order valence-electron chi connectivity index (χ2n) is 5.55. The van der Waals surface area contributed by atoms with Gasteiger partial charge in [0.1, 0.15) is 16.9 Å². The second-order valence-corrected chi connectivity index (χ2v) is 5.55. The van der Waals surface area contributed by atoms with E-state index in [2.05, 4.69) is 5.32 Å².